The van der Waals surface area contributed by atoms with E-state index in [0.717, 1.165) is 0 Å². The number of rotatable bonds is 3. The van der Waals surface area contributed by atoms with Gasteiger partial charge in [-0.3, -0.25) is 9.59 Å². The van der Waals surface area contributed by atoms with Crippen molar-refractivity contribution in [2.24, 2.45) is 5.92 Å². The molecular formula is C13H20N2O5. The van der Waals surface area contributed by atoms with E-state index in [-0.39, 0.29) is 37.2 Å². The summed E-state index contributed by atoms with van der Waals surface area (Å²) in [5.74, 6) is -2.03. The summed E-state index contributed by atoms with van der Waals surface area (Å²) in [6.45, 7) is 4.12. The molecule has 0 aromatic carbocycles. The number of hydrogen-bond donors (Lipinski definition) is 2. The number of carbonyl (C=O) groups is 3. The van der Waals surface area contributed by atoms with E-state index in [0.29, 0.717) is 6.54 Å². The largest absolute Gasteiger partial charge is 0.480 e. The Bertz CT molecular complexity index is 436. The van der Waals surface area contributed by atoms with Gasteiger partial charge < -0.3 is 20.0 Å². The molecule has 0 radical (unpaired) electrons. The number of aliphatic hydroxyl groups excluding tert-OH is 1. The average Bonchev–Trinajstić information content (AvgIpc) is 2.91. The molecule has 0 spiro atoms. The smallest absolute Gasteiger partial charge is 0.326 e. The summed E-state index contributed by atoms with van der Waals surface area (Å²) in [6, 6.07) is -0.958. The van der Waals surface area contributed by atoms with Gasteiger partial charge in [0, 0.05) is 32.0 Å². The molecule has 2 rings (SSSR count). The molecule has 0 saturated carbocycles. The van der Waals surface area contributed by atoms with Gasteiger partial charge in [-0.05, 0) is 13.8 Å². The monoisotopic (exact) mass is 284 g/mol. The van der Waals surface area contributed by atoms with Crippen LogP contribution in [0.5, 0.6) is 0 Å². The van der Waals surface area contributed by atoms with E-state index in [9.17, 15) is 19.5 Å². The summed E-state index contributed by atoms with van der Waals surface area (Å²) in [5.41, 5.74) is 0. The van der Waals surface area contributed by atoms with Crippen LogP contribution in [0.1, 0.15) is 26.7 Å². The molecule has 2 aliphatic rings. The van der Waals surface area contributed by atoms with Gasteiger partial charge >= 0.3 is 5.97 Å². The second-order valence-corrected chi connectivity index (χ2v) is 5.78. The second kappa shape index (κ2) is 5.40. The molecule has 3 atom stereocenters. The number of nitrogens with zero attached hydrogens (tertiary/aromatic N) is 2. The maximum Gasteiger partial charge on any atom is 0.326 e. The van der Waals surface area contributed by atoms with Crippen molar-refractivity contribution in [2.45, 2.75) is 44.9 Å². The maximum atomic E-state index is 12.4. The lowest BCUT2D eigenvalue weighted by Crippen LogP contribution is -2.44. The minimum Gasteiger partial charge on any atom is -0.480 e. The molecule has 7 nitrogen and oxygen atoms in total. The quantitative estimate of drug-likeness (QED) is 0.713. The van der Waals surface area contributed by atoms with Gasteiger partial charge in [0.2, 0.25) is 11.8 Å². The first-order valence-electron chi connectivity index (χ1n) is 6.82. The lowest BCUT2D eigenvalue weighted by atomic mass is 10.1. The third kappa shape index (κ3) is 2.63. The Morgan fingerprint density at radius 2 is 1.95 bits per heavy atom. The van der Waals surface area contributed by atoms with Crippen molar-refractivity contribution in [3.05, 3.63) is 0 Å². The van der Waals surface area contributed by atoms with Crippen molar-refractivity contribution in [1.29, 1.82) is 0 Å². The normalized spacial score (nSPS) is 30.4. The van der Waals surface area contributed by atoms with Crippen LogP contribution < -0.4 is 0 Å². The predicted octanol–water partition coefficient (Wildman–Crippen LogP) is -0.710. The summed E-state index contributed by atoms with van der Waals surface area (Å²) < 4.78 is 0. The van der Waals surface area contributed by atoms with Crippen LogP contribution in [-0.4, -0.2) is 69.1 Å². The zero-order chi connectivity index (χ0) is 15.0. The highest BCUT2D eigenvalue weighted by Crippen LogP contribution is 2.26. The topological polar surface area (TPSA) is 98.2 Å². The van der Waals surface area contributed by atoms with Crippen LogP contribution in [0.3, 0.4) is 0 Å². The van der Waals surface area contributed by atoms with E-state index in [2.05, 4.69) is 0 Å². The first kappa shape index (κ1) is 14.8. The minimum atomic E-state index is -1.11. The zero-order valence-corrected chi connectivity index (χ0v) is 11.7. The molecule has 2 aliphatic heterocycles. The Hall–Kier alpha value is -1.63. The molecule has 2 saturated heterocycles. The van der Waals surface area contributed by atoms with Gasteiger partial charge in [0.25, 0.3) is 0 Å². The summed E-state index contributed by atoms with van der Waals surface area (Å²) in [5, 5.41) is 18.7. The summed E-state index contributed by atoms with van der Waals surface area (Å²) in [7, 11) is 0. The lowest BCUT2D eigenvalue weighted by Gasteiger charge is -2.25. The molecule has 0 aromatic rings. The SMILES string of the molecule is CC(C)N1CC(C(=O)N2C[C@H](O)C[C@H]2C(=O)O)CC1=O. The molecule has 2 amide bonds. The molecule has 1 unspecified atom stereocenters. The molecule has 0 aliphatic carbocycles. The first-order chi connectivity index (χ1) is 9.31. The number of β-amino-alcohol motifs (C(OH)–C–C–N with tert-alkyl or cyclic N) is 1. The number of carboxylic acid groups (broad SMARTS) is 1. The molecule has 20 heavy (non-hydrogen) atoms. The number of aliphatic carboxylic acids is 1. The molecule has 2 fully saturated rings. The fraction of sp³-hybridized carbons (Fsp3) is 0.769. The van der Waals surface area contributed by atoms with Crippen LogP contribution in [0.25, 0.3) is 0 Å². The van der Waals surface area contributed by atoms with Crippen LogP contribution in [0, 0.1) is 5.92 Å². The minimum absolute atomic E-state index is 0.0275. The standard InChI is InChI=1S/C13H20N2O5/c1-7(2)14-5-8(3-11(14)17)12(18)15-6-9(16)4-10(15)13(19)20/h7-10,16H,3-6H2,1-2H3,(H,19,20)/t8?,9-,10+/m1/s1. The van der Waals surface area contributed by atoms with Crippen LogP contribution in [0.2, 0.25) is 0 Å². The van der Waals surface area contributed by atoms with Crippen molar-refractivity contribution in [2.75, 3.05) is 13.1 Å². The summed E-state index contributed by atoms with van der Waals surface area (Å²) >= 11 is 0. The number of carboxylic acids is 1. The maximum absolute atomic E-state index is 12.4. The third-order valence-corrected chi connectivity index (χ3v) is 3.98. The van der Waals surface area contributed by atoms with Crippen LogP contribution in [-0.2, 0) is 14.4 Å². The van der Waals surface area contributed by atoms with Gasteiger partial charge in [0.05, 0.1) is 12.0 Å². The van der Waals surface area contributed by atoms with Crippen molar-refractivity contribution >= 4 is 17.8 Å². The highest BCUT2D eigenvalue weighted by Gasteiger charge is 2.44. The Morgan fingerprint density at radius 3 is 2.45 bits per heavy atom. The van der Waals surface area contributed by atoms with Gasteiger partial charge in [0.1, 0.15) is 6.04 Å². The van der Waals surface area contributed by atoms with Gasteiger partial charge in [-0.2, -0.15) is 0 Å². The molecular weight excluding hydrogens is 264 g/mol. The third-order valence-electron chi connectivity index (χ3n) is 3.98. The molecule has 2 N–H and O–H groups in total. The first-order valence-corrected chi connectivity index (χ1v) is 6.82. The van der Waals surface area contributed by atoms with Gasteiger partial charge in [0.15, 0.2) is 0 Å². The average molecular weight is 284 g/mol. The van der Waals surface area contributed by atoms with E-state index in [1.165, 1.54) is 4.90 Å². The van der Waals surface area contributed by atoms with Crippen molar-refractivity contribution in [3.8, 4) is 0 Å². The molecule has 0 bridgehead atoms. The number of carbonyl (C=O) groups excluding carboxylic acids is 2. The highest BCUT2D eigenvalue weighted by molar-refractivity contribution is 5.91. The Labute approximate surface area is 117 Å². The zero-order valence-electron chi connectivity index (χ0n) is 11.7. The second-order valence-electron chi connectivity index (χ2n) is 5.78. The number of aliphatic hydroxyl groups is 1. The van der Waals surface area contributed by atoms with Crippen LogP contribution in [0.4, 0.5) is 0 Å². The Balaban J connectivity index is 2.08. The van der Waals surface area contributed by atoms with Crippen molar-refractivity contribution < 1.29 is 24.6 Å². The van der Waals surface area contributed by atoms with Crippen LogP contribution >= 0.6 is 0 Å². The Morgan fingerprint density at radius 1 is 1.30 bits per heavy atom. The van der Waals surface area contributed by atoms with Gasteiger partial charge in [-0.15, -0.1) is 0 Å². The summed E-state index contributed by atoms with van der Waals surface area (Å²) in [6.07, 6.45) is -0.635. The van der Waals surface area contributed by atoms with Crippen molar-refractivity contribution in [3.63, 3.8) is 0 Å². The van der Waals surface area contributed by atoms with E-state index in [1.54, 1.807) is 4.90 Å². The van der Waals surface area contributed by atoms with Crippen LogP contribution in [0.15, 0.2) is 0 Å². The number of likely N-dealkylation sites (tertiary alicyclic amines) is 2. The molecule has 2 heterocycles. The van der Waals surface area contributed by atoms with Gasteiger partial charge in [-0.25, -0.2) is 4.79 Å². The fourth-order valence-corrected chi connectivity index (χ4v) is 2.92. The van der Waals surface area contributed by atoms with E-state index in [4.69, 9.17) is 5.11 Å². The van der Waals surface area contributed by atoms with Gasteiger partial charge in [-0.1, -0.05) is 0 Å². The van der Waals surface area contributed by atoms with E-state index in [1.807, 2.05) is 13.8 Å². The van der Waals surface area contributed by atoms with Crippen molar-refractivity contribution in [1.82, 2.24) is 9.80 Å². The molecule has 0 aromatic heterocycles. The predicted molar refractivity (Wildman–Crippen MR) is 68.7 cm³/mol. The molecule has 7 heteroatoms. The lowest BCUT2D eigenvalue weighted by molar-refractivity contribution is -0.149. The fourth-order valence-electron chi connectivity index (χ4n) is 2.92. The van der Waals surface area contributed by atoms with E-state index < -0.39 is 24.0 Å². The number of amides is 2. The number of hydrogen-bond acceptors (Lipinski definition) is 4. The Kier molecular flexibility index (Phi) is 3.99. The highest BCUT2D eigenvalue weighted by atomic mass is 16.4. The summed E-state index contributed by atoms with van der Waals surface area (Å²) in [4.78, 5) is 38.2. The van der Waals surface area contributed by atoms with E-state index >= 15 is 0 Å². The molecule has 112 valence electrons.